The summed E-state index contributed by atoms with van der Waals surface area (Å²) >= 11 is 0. The Bertz CT molecular complexity index is 836. The molecule has 1 atom stereocenters. The minimum atomic E-state index is -0.552. The zero-order chi connectivity index (χ0) is 22.6. The number of ether oxygens (including phenoxy) is 2. The lowest BCUT2D eigenvalue weighted by molar-refractivity contribution is -0.143. The van der Waals surface area contributed by atoms with Crippen LogP contribution in [0.5, 0.6) is 11.5 Å². The molecule has 0 unspecified atom stereocenters. The Hall–Kier alpha value is -3.02. The van der Waals surface area contributed by atoms with E-state index in [4.69, 9.17) is 9.47 Å². The third-order valence-electron chi connectivity index (χ3n) is 5.07. The summed E-state index contributed by atoms with van der Waals surface area (Å²) in [6, 6.07) is 14.5. The molecule has 2 rings (SSSR count). The van der Waals surface area contributed by atoms with Gasteiger partial charge in [0.2, 0.25) is 5.91 Å². The summed E-state index contributed by atoms with van der Waals surface area (Å²) in [7, 11) is 1.60. The lowest BCUT2D eigenvalue weighted by atomic mass is 10.1. The van der Waals surface area contributed by atoms with Crippen LogP contribution in [0.1, 0.15) is 44.2 Å². The van der Waals surface area contributed by atoms with Gasteiger partial charge in [0.25, 0.3) is 5.91 Å². The number of nitrogens with one attached hydrogen (secondary N) is 1. The zero-order valence-corrected chi connectivity index (χ0v) is 19.0. The molecule has 0 aromatic heterocycles. The molecule has 1 N–H and O–H groups in total. The van der Waals surface area contributed by atoms with E-state index in [-0.39, 0.29) is 18.4 Å². The van der Waals surface area contributed by atoms with E-state index >= 15 is 0 Å². The van der Waals surface area contributed by atoms with Crippen LogP contribution in [0.25, 0.3) is 0 Å². The maximum absolute atomic E-state index is 13.2. The molecule has 0 saturated heterocycles. The van der Waals surface area contributed by atoms with Crippen molar-refractivity contribution in [1.29, 1.82) is 0 Å². The van der Waals surface area contributed by atoms with Crippen LogP contribution in [-0.2, 0) is 16.1 Å². The van der Waals surface area contributed by atoms with Gasteiger partial charge in [-0.15, -0.1) is 0 Å². The molecule has 0 bridgehead atoms. The highest BCUT2D eigenvalue weighted by atomic mass is 16.5. The fraction of sp³-hybridized carbons (Fsp3) is 0.440. The molecule has 2 aromatic rings. The Balaban J connectivity index is 2.15. The van der Waals surface area contributed by atoms with Gasteiger partial charge in [0, 0.05) is 13.1 Å². The number of nitrogens with zero attached hydrogens (tertiary/aromatic N) is 1. The van der Waals surface area contributed by atoms with E-state index in [0.29, 0.717) is 25.3 Å². The van der Waals surface area contributed by atoms with Gasteiger partial charge in [-0.2, -0.15) is 0 Å². The highest BCUT2D eigenvalue weighted by molar-refractivity contribution is 5.88. The van der Waals surface area contributed by atoms with Gasteiger partial charge in [-0.1, -0.05) is 50.1 Å². The third kappa shape index (κ3) is 7.63. The summed E-state index contributed by atoms with van der Waals surface area (Å²) in [5.41, 5.74) is 2.09. The first-order valence-corrected chi connectivity index (χ1v) is 10.9. The number of unbranched alkanes of at least 4 members (excludes halogenated alkanes) is 1. The molecular formula is C25H34N2O4. The lowest BCUT2D eigenvalue weighted by Crippen LogP contribution is -2.50. The first-order valence-electron chi connectivity index (χ1n) is 10.9. The molecular weight excluding hydrogens is 392 g/mol. The molecule has 6 heteroatoms. The molecule has 0 radical (unpaired) electrons. The number of carbonyl (C=O) groups excluding carboxylic acids is 2. The maximum Gasteiger partial charge on any atom is 0.261 e. The van der Waals surface area contributed by atoms with E-state index in [2.05, 4.69) is 12.2 Å². The average Bonchev–Trinajstić information content (AvgIpc) is 2.78. The predicted octanol–water partition coefficient (Wildman–Crippen LogP) is 4.11. The van der Waals surface area contributed by atoms with E-state index in [9.17, 15) is 9.59 Å². The minimum absolute atomic E-state index is 0.124. The van der Waals surface area contributed by atoms with Crippen molar-refractivity contribution in [2.45, 2.75) is 52.6 Å². The predicted molar refractivity (Wildman–Crippen MR) is 122 cm³/mol. The number of benzene rings is 2. The number of carbonyl (C=O) groups is 2. The van der Waals surface area contributed by atoms with Gasteiger partial charge in [-0.3, -0.25) is 9.59 Å². The van der Waals surface area contributed by atoms with Gasteiger partial charge in [-0.25, -0.2) is 0 Å². The van der Waals surface area contributed by atoms with E-state index in [0.717, 1.165) is 29.7 Å². The Kier molecular flexibility index (Phi) is 9.88. The van der Waals surface area contributed by atoms with Crippen LogP contribution >= 0.6 is 0 Å². The van der Waals surface area contributed by atoms with Crippen LogP contribution in [0.4, 0.5) is 0 Å². The van der Waals surface area contributed by atoms with Crippen LogP contribution < -0.4 is 14.8 Å². The van der Waals surface area contributed by atoms with Crippen molar-refractivity contribution in [2.24, 2.45) is 0 Å². The molecule has 168 valence electrons. The number of hydrogen-bond donors (Lipinski definition) is 1. The Morgan fingerprint density at radius 1 is 1.06 bits per heavy atom. The van der Waals surface area contributed by atoms with Gasteiger partial charge >= 0.3 is 0 Å². The van der Waals surface area contributed by atoms with Crippen molar-refractivity contribution >= 4 is 11.8 Å². The highest BCUT2D eigenvalue weighted by Crippen LogP contribution is 2.18. The quantitative estimate of drug-likeness (QED) is 0.519. The number of aryl methyl sites for hydroxylation is 1. The molecule has 2 amide bonds. The first-order chi connectivity index (χ1) is 15.0. The van der Waals surface area contributed by atoms with Gasteiger partial charge in [0.15, 0.2) is 6.61 Å². The fourth-order valence-electron chi connectivity index (χ4n) is 3.33. The number of hydrogen-bond acceptors (Lipinski definition) is 4. The normalized spacial score (nSPS) is 11.5. The van der Waals surface area contributed by atoms with Gasteiger partial charge in [0.1, 0.15) is 17.5 Å². The lowest BCUT2D eigenvalue weighted by Gasteiger charge is -2.30. The summed E-state index contributed by atoms with van der Waals surface area (Å²) in [6.07, 6.45) is 2.44. The number of amides is 2. The molecule has 0 fully saturated rings. The molecule has 0 spiro atoms. The molecule has 6 nitrogen and oxygen atoms in total. The van der Waals surface area contributed by atoms with Crippen molar-refractivity contribution < 1.29 is 19.1 Å². The smallest absolute Gasteiger partial charge is 0.261 e. The van der Waals surface area contributed by atoms with Gasteiger partial charge in [0.05, 0.1) is 7.11 Å². The van der Waals surface area contributed by atoms with Crippen LogP contribution in [0.3, 0.4) is 0 Å². The summed E-state index contributed by atoms with van der Waals surface area (Å²) < 4.78 is 10.9. The van der Waals surface area contributed by atoms with E-state index in [1.807, 2.05) is 38.1 Å². The monoisotopic (exact) mass is 426 g/mol. The molecule has 31 heavy (non-hydrogen) atoms. The zero-order valence-electron chi connectivity index (χ0n) is 19.0. The second-order valence-electron chi connectivity index (χ2n) is 7.54. The van der Waals surface area contributed by atoms with E-state index in [1.165, 1.54) is 0 Å². The number of rotatable bonds is 12. The van der Waals surface area contributed by atoms with Crippen LogP contribution in [0.2, 0.25) is 0 Å². The Labute approximate surface area is 185 Å². The van der Waals surface area contributed by atoms with Crippen molar-refractivity contribution in [3.05, 3.63) is 59.7 Å². The van der Waals surface area contributed by atoms with Crippen molar-refractivity contribution in [3.63, 3.8) is 0 Å². The van der Waals surface area contributed by atoms with Crippen molar-refractivity contribution in [3.8, 4) is 11.5 Å². The van der Waals surface area contributed by atoms with Crippen molar-refractivity contribution in [2.75, 3.05) is 20.3 Å². The molecule has 0 aliphatic carbocycles. The fourth-order valence-corrected chi connectivity index (χ4v) is 3.33. The molecule has 0 aliphatic rings. The molecule has 0 aliphatic heterocycles. The molecule has 0 saturated carbocycles. The third-order valence-corrected chi connectivity index (χ3v) is 5.07. The summed E-state index contributed by atoms with van der Waals surface area (Å²) in [5, 5.41) is 2.97. The van der Waals surface area contributed by atoms with Crippen molar-refractivity contribution in [1.82, 2.24) is 10.2 Å². The van der Waals surface area contributed by atoms with E-state index in [1.54, 1.807) is 36.3 Å². The average molecular weight is 427 g/mol. The Morgan fingerprint density at radius 3 is 2.39 bits per heavy atom. The second-order valence-corrected chi connectivity index (χ2v) is 7.54. The largest absolute Gasteiger partial charge is 0.497 e. The standard InChI is InChI=1S/C25H34N2O4/c1-5-7-15-26-25(29)23(6-2)27(17-20-10-8-9-19(3)16-20)24(28)18-31-22-13-11-21(30-4)12-14-22/h8-14,16,23H,5-7,15,17-18H2,1-4H3,(H,26,29)/t23-/m1/s1. The molecule has 0 heterocycles. The topological polar surface area (TPSA) is 67.9 Å². The highest BCUT2D eigenvalue weighted by Gasteiger charge is 2.28. The van der Waals surface area contributed by atoms with Gasteiger partial charge < -0.3 is 19.7 Å². The summed E-state index contributed by atoms with van der Waals surface area (Å²) in [5.74, 6) is 0.941. The molecule has 2 aromatic carbocycles. The van der Waals surface area contributed by atoms with Crippen LogP contribution in [-0.4, -0.2) is 43.0 Å². The summed E-state index contributed by atoms with van der Waals surface area (Å²) in [4.78, 5) is 27.6. The SMILES string of the molecule is CCCCNC(=O)[C@@H](CC)N(Cc1cccc(C)c1)C(=O)COc1ccc(OC)cc1. The minimum Gasteiger partial charge on any atom is -0.497 e. The van der Waals surface area contributed by atoms with Crippen LogP contribution in [0.15, 0.2) is 48.5 Å². The van der Waals surface area contributed by atoms with Crippen LogP contribution in [0, 0.1) is 6.92 Å². The second kappa shape index (κ2) is 12.6. The maximum atomic E-state index is 13.2. The number of methoxy groups -OCH3 is 1. The van der Waals surface area contributed by atoms with E-state index < -0.39 is 6.04 Å². The first kappa shape index (κ1) is 24.3. The summed E-state index contributed by atoms with van der Waals surface area (Å²) in [6.45, 7) is 6.83. The Morgan fingerprint density at radius 2 is 1.77 bits per heavy atom. The van der Waals surface area contributed by atoms with Gasteiger partial charge in [-0.05, 0) is 49.6 Å².